The second-order valence-electron chi connectivity index (χ2n) is 8.10. The van der Waals surface area contributed by atoms with Gasteiger partial charge in [0, 0.05) is 52.6 Å². The minimum absolute atomic E-state index is 0.0735. The van der Waals surface area contributed by atoms with Crippen LogP contribution in [0.5, 0.6) is 5.75 Å². The Morgan fingerprint density at radius 1 is 1.29 bits per heavy atom. The van der Waals surface area contributed by atoms with Crippen molar-refractivity contribution in [2.24, 2.45) is 15.7 Å². The van der Waals surface area contributed by atoms with Gasteiger partial charge in [0.15, 0.2) is 0 Å². The van der Waals surface area contributed by atoms with E-state index in [-0.39, 0.29) is 5.91 Å². The molecule has 4 rings (SSSR count). The molecule has 3 aromatic rings. The molecule has 1 aliphatic rings. The Morgan fingerprint density at radius 3 is 2.79 bits per heavy atom. The molecule has 0 aliphatic carbocycles. The summed E-state index contributed by atoms with van der Waals surface area (Å²) >= 11 is 0. The van der Waals surface area contributed by atoms with E-state index in [1.807, 2.05) is 55.5 Å². The number of aromatic amines is 1. The number of aliphatic imine (C=N–C) groups is 2. The van der Waals surface area contributed by atoms with Crippen molar-refractivity contribution in [3.63, 3.8) is 0 Å². The maximum absolute atomic E-state index is 13.2. The summed E-state index contributed by atoms with van der Waals surface area (Å²) in [6.45, 7) is 6.38. The largest absolute Gasteiger partial charge is 0.496 e. The van der Waals surface area contributed by atoms with Crippen LogP contribution in [0.15, 0.2) is 76.1 Å². The minimum Gasteiger partial charge on any atom is -0.496 e. The Kier molecular flexibility index (Phi) is 6.49. The lowest BCUT2D eigenvalue weighted by atomic mass is 10.1. The number of hydrogen-bond acceptors (Lipinski definition) is 6. The van der Waals surface area contributed by atoms with Gasteiger partial charge in [-0.25, -0.2) is 4.99 Å². The molecular weight excluding hydrogens is 428 g/mol. The number of carbonyl (C=O) groups excluding carboxylic acids is 1. The number of ether oxygens (including phenoxy) is 1. The number of rotatable bonds is 7. The Hall–Kier alpha value is -4.33. The summed E-state index contributed by atoms with van der Waals surface area (Å²) < 4.78 is 5.41. The van der Waals surface area contributed by atoms with Crippen LogP contribution in [0.2, 0.25) is 0 Å². The molecule has 0 radical (unpaired) electrons. The van der Waals surface area contributed by atoms with Gasteiger partial charge >= 0.3 is 0 Å². The summed E-state index contributed by atoms with van der Waals surface area (Å²) in [7, 11) is 3.41. The fourth-order valence-corrected chi connectivity index (χ4v) is 3.96. The molecule has 2 heterocycles. The van der Waals surface area contributed by atoms with Crippen molar-refractivity contribution in [1.82, 2.24) is 15.2 Å². The van der Waals surface area contributed by atoms with Crippen LogP contribution in [0.25, 0.3) is 16.5 Å². The number of nitrogens with two attached hydrogens (primary N) is 1. The second kappa shape index (κ2) is 9.66. The van der Waals surface area contributed by atoms with Crippen molar-refractivity contribution in [2.45, 2.75) is 13.5 Å². The van der Waals surface area contributed by atoms with Gasteiger partial charge in [0.2, 0.25) is 0 Å². The van der Waals surface area contributed by atoms with Gasteiger partial charge in [0.05, 0.1) is 19.5 Å². The number of methoxy groups -OCH3 is 1. The predicted octanol–water partition coefficient (Wildman–Crippen LogP) is 3.68. The fraction of sp³-hybridized carbons (Fsp3) is 0.192. The van der Waals surface area contributed by atoms with E-state index in [0.717, 1.165) is 45.0 Å². The zero-order valence-corrected chi connectivity index (χ0v) is 19.6. The van der Waals surface area contributed by atoms with Crippen LogP contribution in [0.1, 0.15) is 28.5 Å². The third-order valence-electron chi connectivity index (χ3n) is 5.71. The molecule has 8 heteroatoms. The number of fused-ring (bicyclic) bond motifs is 1. The quantitative estimate of drug-likeness (QED) is 0.471. The van der Waals surface area contributed by atoms with Gasteiger partial charge in [-0.2, -0.15) is 0 Å². The van der Waals surface area contributed by atoms with Gasteiger partial charge in [0.25, 0.3) is 5.91 Å². The maximum Gasteiger partial charge on any atom is 0.253 e. The predicted molar refractivity (Wildman–Crippen MR) is 137 cm³/mol. The van der Waals surface area contributed by atoms with Crippen molar-refractivity contribution in [3.8, 4) is 5.75 Å². The van der Waals surface area contributed by atoms with Crippen LogP contribution in [0.4, 0.5) is 0 Å². The first kappa shape index (κ1) is 22.8. The highest BCUT2D eigenvalue weighted by Gasteiger charge is 2.18. The molecular formula is C26H28N6O2. The van der Waals surface area contributed by atoms with Crippen LogP contribution < -0.4 is 15.8 Å². The van der Waals surface area contributed by atoms with E-state index in [9.17, 15) is 4.79 Å². The summed E-state index contributed by atoms with van der Waals surface area (Å²) in [6, 6.07) is 15.3. The minimum atomic E-state index is -0.0735. The highest BCUT2D eigenvalue weighted by molar-refractivity contribution is 5.99. The summed E-state index contributed by atoms with van der Waals surface area (Å²) in [5.41, 5.74) is 11.0. The van der Waals surface area contributed by atoms with E-state index in [0.29, 0.717) is 24.5 Å². The van der Waals surface area contributed by atoms with Gasteiger partial charge < -0.3 is 25.7 Å². The van der Waals surface area contributed by atoms with Crippen LogP contribution in [-0.4, -0.2) is 49.0 Å². The molecule has 0 spiro atoms. The zero-order valence-electron chi connectivity index (χ0n) is 19.6. The second-order valence-corrected chi connectivity index (χ2v) is 8.10. The molecule has 174 valence electrons. The summed E-state index contributed by atoms with van der Waals surface area (Å²) in [5.74, 6) is 1.83. The van der Waals surface area contributed by atoms with Crippen molar-refractivity contribution in [2.75, 3.05) is 20.7 Å². The molecule has 0 atom stereocenters. The number of H-pyrrole nitrogens is 1. The molecule has 1 aromatic heterocycles. The van der Waals surface area contributed by atoms with E-state index in [1.54, 1.807) is 25.1 Å². The van der Waals surface area contributed by atoms with E-state index in [4.69, 9.17) is 10.5 Å². The van der Waals surface area contributed by atoms with Gasteiger partial charge in [-0.3, -0.25) is 9.79 Å². The van der Waals surface area contributed by atoms with E-state index in [2.05, 4.69) is 27.0 Å². The smallest absolute Gasteiger partial charge is 0.253 e. The van der Waals surface area contributed by atoms with Crippen LogP contribution in [-0.2, 0) is 6.54 Å². The third kappa shape index (κ3) is 4.71. The van der Waals surface area contributed by atoms with Gasteiger partial charge in [-0.05, 0) is 50.0 Å². The highest BCUT2D eigenvalue weighted by atomic mass is 16.5. The van der Waals surface area contributed by atoms with Crippen molar-refractivity contribution in [3.05, 3.63) is 82.9 Å². The summed E-state index contributed by atoms with van der Waals surface area (Å²) in [6.07, 6.45) is 1.77. The van der Waals surface area contributed by atoms with Crippen LogP contribution in [0, 0.1) is 0 Å². The Bertz CT molecular complexity index is 1350. The molecule has 8 nitrogen and oxygen atoms in total. The number of allylic oxidation sites excluding steroid dienone is 2. The monoisotopic (exact) mass is 456 g/mol. The molecule has 1 aliphatic heterocycles. The lowest BCUT2D eigenvalue weighted by molar-refractivity contribution is 0.0784. The molecule has 4 N–H and O–H groups in total. The van der Waals surface area contributed by atoms with E-state index >= 15 is 0 Å². The Balaban J connectivity index is 1.64. The van der Waals surface area contributed by atoms with Gasteiger partial charge in [-0.15, -0.1) is 0 Å². The van der Waals surface area contributed by atoms with Crippen molar-refractivity contribution >= 4 is 34.9 Å². The molecule has 1 amide bonds. The lowest BCUT2D eigenvalue weighted by Gasteiger charge is -2.19. The normalized spacial score (nSPS) is 15.0. The van der Waals surface area contributed by atoms with Gasteiger partial charge in [0.1, 0.15) is 11.6 Å². The number of benzene rings is 2. The van der Waals surface area contributed by atoms with Gasteiger partial charge in [-0.1, -0.05) is 18.2 Å². The average molecular weight is 457 g/mol. The first-order chi connectivity index (χ1) is 16.4. The lowest BCUT2D eigenvalue weighted by Crippen LogP contribution is -2.26. The molecule has 2 aromatic carbocycles. The number of nitrogens with one attached hydrogen (secondary N) is 2. The number of para-hydroxylation sites is 1. The topological polar surface area (TPSA) is 108 Å². The first-order valence-corrected chi connectivity index (χ1v) is 10.8. The van der Waals surface area contributed by atoms with E-state index in [1.165, 1.54) is 0 Å². The molecule has 0 bridgehead atoms. The Labute approximate surface area is 198 Å². The zero-order chi connectivity index (χ0) is 24.2. The summed E-state index contributed by atoms with van der Waals surface area (Å²) in [4.78, 5) is 26.5. The number of amidine groups is 1. The van der Waals surface area contributed by atoms with Crippen LogP contribution >= 0.6 is 0 Å². The maximum atomic E-state index is 13.2. The van der Waals surface area contributed by atoms with Crippen LogP contribution in [0.3, 0.4) is 0 Å². The van der Waals surface area contributed by atoms with Crippen molar-refractivity contribution < 1.29 is 9.53 Å². The number of carbonyl (C=O) groups is 1. The molecule has 0 unspecified atom stereocenters. The molecule has 0 saturated carbocycles. The SMILES string of the molecule is C=N/C(N)=C\C(=C1/CN=C(C)N1)c1cc2cc(C(=O)N(C)Cc3ccccc3OC)ccc2[nH]1. The number of hydrogen-bond donors (Lipinski definition) is 3. The Morgan fingerprint density at radius 2 is 2.09 bits per heavy atom. The molecule has 0 fully saturated rings. The average Bonchev–Trinajstić information content (AvgIpc) is 3.47. The highest BCUT2D eigenvalue weighted by Crippen LogP contribution is 2.27. The standard InChI is InChI=1S/C26H28N6O2/c1-16-29-14-23(30-16)20(13-25(27)28-2)22-12-19-11-17(9-10-21(19)31-22)26(33)32(3)15-18-7-5-6-8-24(18)34-4/h5-13,31H,2,14-15,27H2,1,3-4H3,(H,29,30)/b23-20-,25-13-. The fourth-order valence-electron chi connectivity index (χ4n) is 3.96. The van der Waals surface area contributed by atoms with E-state index < -0.39 is 0 Å². The number of nitrogens with zero attached hydrogens (tertiary/aromatic N) is 3. The molecule has 0 saturated heterocycles. The first-order valence-electron chi connectivity index (χ1n) is 10.8. The number of aromatic nitrogens is 1. The molecule has 34 heavy (non-hydrogen) atoms. The van der Waals surface area contributed by atoms with Crippen molar-refractivity contribution in [1.29, 1.82) is 0 Å². The summed E-state index contributed by atoms with van der Waals surface area (Å²) in [5, 5.41) is 4.20. The number of amides is 1. The third-order valence-corrected chi connectivity index (χ3v) is 5.71.